The highest BCUT2D eigenvalue weighted by molar-refractivity contribution is 7.26. The van der Waals surface area contributed by atoms with Crippen molar-refractivity contribution in [1.82, 2.24) is 19.1 Å². The Labute approximate surface area is 307 Å². The third kappa shape index (κ3) is 4.05. The fraction of sp³-hybridized carbons (Fsp3) is 0. The van der Waals surface area contributed by atoms with E-state index in [0.29, 0.717) is 5.95 Å². The molecule has 0 aliphatic heterocycles. The van der Waals surface area contributed by atoms with Crippen LogP contribution < -0.4 is 0 Å². The standard InChI is InChI=1S/C48H28N4S/c1-3-14-30(15-4-1)45-36-20-9-11-21-39(36)49-48(50-45)52-41-28-42-38(27-37(41)34-24-25-35-33-19-10-12-22-43(33)53-47(35)46(34)52)44-32-18-8-7-13-29(32)23-26-40(44)51(42)31-16-5-2-6-17-31/h1-28H. The van der Waals surface area contributed by atoms with Gasteiger partial charge >= 0.3 is 0 Å². The Morgan fingerprint density at radius 2 is 1.13 bits per heavy atom. The average Bonchev–Trinajstić information content (AvgIpc) is 3.87. The van der Waals surface area contributed by atoms with E-state index >= 15 is 0 Å². The predicted octanol–water partition coefficient (Wildman–Crippen LogP) is 13.0. The first-order valence-corrected chi connectivity index (χ1v) is 18.7. The highest BCUT2D eigenvalue weighted by Gasteiger charge is 2.24. The van der Waals surface area contributed by atoms with E-state index in [1.807, 2.05) is 11.3 Å². The summed E-state index contributed by atoms with van der Waals surface area (Å²) in [4.78, 5) is 10.8. The van der Waals surface area contributed by atoms with Gasteiger partial charge in [-0.25, -0.2) is 9.97 Å². The molecule has 0 amide bonds. The zero-order chi connectivity index (χ0) is 34.6. The monoisotopic (exact) mass is 692 g/mol. The molecule has 0 saturated carbocycles. The minimum Gasteiger partial charge on any atom is -0.309 e. The number of para-hydroxylation sites is 2. The Hall–Kier alpha value is -6.82. The summed E-state index contributed by atoms with van der Waals surface area (Å²) >= 11 is 1.85. The quantitative estimate of drug-likeness (QED) is 0.185. The summed E-state index contributed by atoms with van der Waals surface area (Å²) in [6.45, 7) is 0. The summed E-state index contributed by atoms with van der Waals surface area (Å²) in [5.41, 5.74) is 8.60. The van der Waals surface area contributed by atoms with Gasteiger partial charge in [0.2, 0.25) is 5.95 Å². The number of thiophene rings is 1. The van der Waals surface area contributed by atoms with Crippen molar-refractivity contribution >= 4 is 96.8 Å². The first-order chi connectivity index (χ1) is 26.3. The maximum atomic E-state index is 5.47. The molecule has 0 N–H and O–H groups in total. The van der Waals surface area contributed by atoms with Gasteiger partial charge in [-0.1, -0.05) is 127 Å². The molecule has 53 heavy (non-hydrogen) atoms. The van der Waals surface area contributed by atoms with Gasteiger partial charge in [0.1, 0.15) is 0 Å². The van der Waals surface area contributed by atoms with E-state index in [9.17, 15) is 0 Å². The third-order valence-corrected chi connectivity index (χ3v) is 12.1. The summed E-state index contributed by atoms with van der Waals surface area (Å²) in [6.07, 6.45) is 0. The van der Waals surface area contributed by atoms with Gasteiger partial charge in [-0.15, -0.1) is 11.3 Å². The van der Waals surface area contributed by atoms with Crippen molar-refractivity contribution in [1.29, 1.82) is 0 Å². The van der Waals surface area contributed by atoms with Gasteiger partial charge < -0.3 is 4.57 Å². The predicted molar refractivity (Wildman–Crippen MR) is 224 cm³/mol. The van der Waals surface area contributed by atoms with Crippen LogP contribution in [0.25, 0.3) is 108 Å². The van der Waals surface area contributed by atoms with Crippen LogP contribution in [0.1, 0.15) is 0 Å². The molecule has 5 heteroatoms. The lowest BCUT2D eigenvalue weighted by Gasteiger charge is -2.12. The van der Waals surface area contributed by atoms with Crippen LogP contribution in [0.5, 0.6) is 0 Å². The van der Waals surface area contributed by atoms with Gasteiger partial charge in [0.25, 0.3) is 0 Å². The van der Waals surface area contributed by atoms with E-state index in [2.05, 4.69) is 179 Å². The number of aromatic nitrogens is 4. The zero-order valence-electron chi connectivity index (χ0n) is 28.4. The third-order valence-electron chi connectivity index (χ3n) is 10.9. The van der Waals surface area contributed by atoms with E-state index in [0.717, 1.165) is 44.4 Å². The van der Waals surface area contributed by atoms with E-state index in [1.165, 1.54) is 58.0 Å². The second kappa shape index (κ2) is 10.8. The van der Waals surface area contributed by atoms with Gasteiger partial charge in [0, 0.05) is 53.7 Å². The fourth-order valence-corrected chi connectivity index (χ4v) is 9.84. The number of nitrogens with zero attached hydrogens (tertiary/aromatic N) is 4. The molecule has 0 aliphatic carbocycles. The number of hydrogen-bond acceptors (Lipinski definition) is 3. The lowest BCUT2D eigenvalue weighted by atomic mass is 10.0. The van der Waals surface area contributed by atoms with Crippen LogP contribution in [0.15, 0.2) is 170 Å². The van der Waals surface area contributed by atoms with Gasteiger partial charge in [-0.2, -0.15) is 0 Å². The molecule has 246 valence electrons. The highest BCUT2D eigenvalue weighted by atomic mass is 32.1. The average molecular weight is 693 g/mol. The Morgan fingerprint density at radius 3 is 2.00 bits per heavy atom. The van der Waals surface area contributed by atoms with Crippen molar-refractivity contribution < 1.29 is 0 Å². The zero-order valence-corrected chi connectivity index (χ0v) is 29.2. The molecule has 8 aromatic carbocycles. The molecular weight excluding hydrogens is 665 g/mol. The second-order valence-electron chi connectivity index (χ2n) is 13.8. The van der Waals surface area contributed by atoms with E-state index in [4.69, 9.17) is 9.97 Å². The summed E-state index contributed by atoms with van der Waals surface area (Å²) in [5.74, 6) is 0.666. The number of hydrogen-bond donors (Lipinski definition) is 0. The molecule has 0 saturated heterocycles. The molecule has 0 radical (unpaired) electrons. The summed E-state index contributed by atoms with van der Waals surface area (Å²) in [6, 6.07) is 61.0. The maximum absolute atomic E-state index is 5.47. The summed E-state index contributed by atoms with van der Waals surface area (Å²) < 4.78 is 7.27. The second-order valence-corrected chi connectivity index (χ2v) is 14.8. The molecule has 4 nitrogen and oxygen atoms in total. The van der Waals surface area contributed by atoms with Crippen molar-refractivity contribution in [3.8, 4) is 22.9 Å². The number of rotatable bonds is 3. The van der Waals surface area contributed by atoms with E-state index < -0.39 is 0 Å². The van der Waals surface area contributed by atoms with Crippen molar-refractivity contribution in [2.75, 3.05) is 0 Å². The van der Waals surface area contributed by atoms with Gasteiger partial charge in [0.05, 0.1) is 38.0 Å². The highest BCUT2D eigenvalue weighted by Crippen LogP contribution is 2.46. The summed E-state index contributed by atoms with van der Waals surface area (Å²) in [7, 11) is 0. The Kier molecular flexibility index (Phi) is 5.90. The lowest BCUT2D eigenvalue weighted by molar-refractivity contribution is 1.02. The van der Waals surface area contributed by atoms with Crippen LogP contribution in [-0.2, 0) is 0 Å². The fourth-order valence-electron chi connectivity index (χ4n) is 8.60. The minimum absolute atomic E-state index is 0.666. The van der Waals surface area contributed by atoms with Crippen LogP contribution in [0, 0.1) is 0 Å². The largest absolute Gasteiger partial charge is 0.309 e. The molecule has 0 aliphatic rings. The molecular formula is C48H28N4S. The van der Waals surface area contributed by atoms with Gasteiger partial charge in [-0.05, 0) is 53.2 Å². The Balaban J connectivity index is 1.31. The first-order valence-electron chi connectivity index (χ1n) is 17.9. The number of fused-ring (bicyclic) bond motifs is 13. The molecule has 0 bridgehead atoms. The first kappa shape index (κ1) is 28.8. The number of benzene rings is 8. The van der Waals surface area contributed by atoms with Crippen LogP contribution in [0.3, 0.4) is 0 Å². The van der Waals surface area contributed by atoms with Crippen molar-refractivity contribution in [3.05, 3.63) is 170 Å². The molecule has 0 atom stereocenters. The van der Waals surface area contributed by atoms with E-state index in [-0.39, 0.29) is 0 Å². The molecule has 12 rings (SSSR count). The minimum atomic E-state index is 0.666. The summed E-state index contributed by atoms with van der Waals surface area (Å²) in [5, 5.41) is 10.9. The molecule has 4 heterocycles. The van der Waals surface area contributed by atoms with Crippen LogP contribution >= 0.6 is 11.3 Å². The lowest BCUT2D eigenvalue weighted by Crippen LogP contribution is -2.03. The molecule has 0 unspecified atom stereocenters. The molecule has 0 spiro atoms. The van der Waals surface area contributed by atoms with Crippen molar-refractivity contribution in [2.24, 2.45) is 0 Å². The maximum Gasteiger partial charge on any atom is 0.235 e. The molecule has 4 aromatic heterocycles. The van der Waals surface area contributed by atoms with E-state index in [1.54, 1.807) is 0 Å². The smallest absolute Gasteiger partial charge is 0.235 e. The Morgan fingerprint density at radius 1 is 0.434 bits per heavy atom. The topological polar surface area (TPSA) is 35.6 Å². The van der Waals surface area contributed by atoms with Gasteiger partial charge in [0.15, 0.2) is 0 Å². The normalized spacial score (nSPS) is 12.2. The SMILES string of the molecule is c1ccc(-c2nc(-n3c4cc5c(cc4c4ccc6c7ccccc7sc6c43)c3c4ccccc4ccc3n5-c3ccccc3)nc3ccccc23)cc1. The molecule has 12 aromatic rings. The van der Waals surface area contributed by atoms with Crippen molar-refractivity contribution in [2.45, 2.75) is 0 Å². The van der Waals surface area contributed by atoms with Gasteiger partial charge in [-0.3, -0.25) is 4.57 Å². The van der Waals surface area contributed by atoms with Crippen LogP contribution in [0.2, 0.25) is 0 Å². The van der Waals surface area contributed by atoms with Crippen LogP contribution in [-0.4, -0.2) is 19.1 Å². The Bertz CT molecular complexity index is 3450. The van der Waals surface area contributed by atoms with Crippen LogP contribution in [0.4, 0.5) is 0 Å². The van der Waals surface area contributed by atoms with Crippen molar-refractivity contribution in [3.63, 3.8) is 0 Å². The molecule has 0 fully saturated rings.